The molecule has 2 nitrogen and oxygen atoms in total. The van der Waals surface area contributed by atoms with Gasteiger partial charge >= 0.3 is 0 Å². The van der Waals surface area contributed by atoms with E-state index in [9.17, 15) is 4.79 Å². The van der Waals surface area contributed by atoms with Crippen LogP contribution in [-0.4, -0.2) is 4.98 Å². The third-order valence-electron chi connectivity index (χ3n) is 3.93. The number of rotatable bonds is 4. The molecule has 0 aliphatic rings. The topological polar surface area (TPSA) is 32.9 Å². The minimum Gasteiger partial charge on any atom is -0.321 e. The summed E-state index contributed by atoms with van der Waals surface area (Å²) in [6.45, 7) is 4.17. The second-order valence-corrected chi connectivity index (χ2v) is 6.66. The molecule has 0 atom stereocenters. The molecular weight excluding hydrogens is 302 g/mol. The number of benzene rings is 2. The predicted octanol–water partition coefficient (Wildman–Crippen LogP) is 4.95. The Morgan fingerprint density at radius 1 is 0.913 bits per heavy atom. The van der Waals surface area contributed by atoms with Crippen LogP contribution in [-0.2, 0) is 5.75 Å². The molecule has 0 aliphatic heterocycles. The first-order valence-electron chi connectivity index (χ1n) is 7.61. The number of aromatic amines is 1. The van der Waals surface area contributed by atoms with E-state index in [0.29, 0.717) is 0 Å². The summed E-state index contributed by atoms with van der Waals surface area (Å²) >= 11 is 1.57. The standard InChI is InChI=1S/C20H19NOS/c1-14-8-9-17(12-15(14)2)18-10-11-19(20(22)21-18)23-13-16-6-4-3-5-7-16/h3-12H,13H2,1-2H3,(H,21,22). The van der Waals surface area contributed by atoms with E-state index in [4.69, 9.17) is 0 Å². The molecule has 0 fully saturated rings. The molecule has 116 valence electrons. The molecule has 0 spiro atoms. The molecule has 0 radical (unpaired) electrons. The lowest BCUT2D eigenvalue weighted by atomic mass is 10.0. The molecule has 0 aliphatic carbocycles. The fraction of sp³-hybridized carbons (Fsp3) is 0.150. The molecule has 0 amide bonds. The van der Waals surface area contributed by atoms with Crippen LogP contribution in [0.5, 0.6) is 0 Å². The fourth-order valence-electron chi connectivity index (χ4n) is 2.39. The van der Waals surface area contributed by atoms with Crippen LogP contribution in [0.3, 0.4) is 0 Å². The van der Waals surface area contributed by atoms with E-state index in [1.54, 1.807) is 11.8 Å². The van der Waals surface area contributed by atoms with Crippen molar-refractivity contribution >= 4 is 11.8 Å². The monoisotopic (exact) mass is 321 g/mol. The summed E-state index contributed by atoms with van der Waals surface area (Å²) in [5.41, 5.74) is 5.58. The van der Waals surface area contributed by atoms with Gasteiger partial charge in [-0.1, -0.05) is 42.5 Å². The minimum atomic E-state index is -0.0262. The van der Waals surface area contributed by atoms with E-state index in [2.05, 4.69) is 43.1 Å². The van der Waals surface area contributed by atoms with Gasteiger partial charge in [-0.05, 0) is 54.3 Å². The Morgan fingerprint density at radius 3 is 2.39 bits per heavy atom. The molecule has 0 saturated carbocycles. The van der Waals surface area contributed by atoms with E-state index < -0.39 is 0 Å². The van der Waals surface area contributed by atoms with E-state index >= 15 is 0 Å². The maximum Gasteiger partial charge on any atom is 0.262 e. The lowest BCUT2D eigenvalue weighted by Gasteiger charge is -2.07. The number of hydrogen-bond acceptors (Lipinski definition) is 2. The Bertz CT molecular complexity index is 868. The zero-order valence-electron chi connectivity index (χ0n) is 13.3. The zero-order valence-corrected chi connectivity index (χ0v) is 14.1. The number of aryl methyl sites for hydroxylation is 2. The Morgan fingerprint density at radius 2 is 1.70 bits per heavy atom. The van der Waals surface area contributed by atoms with Crippen molar-refractivity contribution < 1.29 is 0 Å². The molecule has 0 bridgehead atoms. The van der Waals surface area contributed by atoms with Crippen molar-refractivity contribution in [3.63, 3.8) is 0 Å². The highest BCUT2D eigenvalue weighted by Gasteiger charge is 2.05. The Hall–Kier alpha value is -2.26. The summed E-state index contributed by atoms with van der Waals surface area (Å²) in [5.74, 6) is 0.799. The van der Waals surface area contributed by atoms with E-state index in [1.165, 1.54) is 16.7 Å². The predicted molar refractivity (Wildman–Crippen MR) is 98.0 cm³/mol. The summed E-state index contributed by atoms with van der Waals surface area (Å²) in [6.07, 6.45) is 0. The second-order valence-electron chi connectivity index (χ2n) is 5.64. The lowest BCUT2D eigenvalue weighted by molar-refractivity contribution is 1.14. The molecule has 2 aromatic carbocycles. The Kier molecular flexibility index (Phi) is 4.68. The summed E-state index contributed by atoms with van der Waals surface area (Å²) in [4.78, 5) is 16.1. The third kappa shape index (κ3) is 3.74. The summed E-state index contributed by atoms with van der Waals surface area (Å²) < 4.78 is 0. The van der Waals surface area contributed by atoms with Crippen LogP contribution in [0.25, 0.3) is 11.3 Å². The van der Waals surface area contributed by atoms with Gasteiger partial charge in [-0.15, -0.1) is 11.8 Å². The average molecular weight is 321 g/mol. The number of H-pyrrole nitrogens is 1. The molecular formula is C20H19NOS. The highest BCUT2D eigenvalue weighted by Crippen LogP contribution is 2.23. The molecule has 3 rings (SSSR count). The van der Waals surface area contributed by atoms with Crippen LogP contribution in [0.15, 0.2) is 70.4 Å². The van der Waals surface area contributed by atoms with E-state index in [0.717, 1.165) is 21.9 Å². The third-order valence-corrected chi connectivity index (χ3v) is 5.04. The van der Waals surface area contributed by atoms with Gasteiger partial charge in [-0.3, -0.25) is 4.79 Å². The van der Waals surface area contributed by atoms with Crippen molar-refractivity contribution in [1.29, 1.82) is 0 Å². The van der Waals surface area contributed by atoms with Crippen LogP contribution in [0.1, 0.15) is 16.7 Å². The zero-order chi connectivity index (χ0) is 16.2. The van der Waals surface area contributed by atoms with E-state index in [-0.39, 0.29) is 5.56 Å². The number of thioether (sulfide) groups is 1. The molecule has 1 heterocycles. The van der Waals surface area contributed by atoms with Gasteiger partial charge in [0.05, 0.1) is 4.90 Å². The smallest absolute Gasteiger partial charge is 0.262 e. The van der Waals surface area contributed by atoms with E-state index in [1.807, 2.05) is 36.4 Å². The SMILES string of the molecule is Cc1ccc(-c2ccc(SCc3ccccc3)c(=O)[nH]2)cc1C. The average Bonchev–Trinajstić information content (AvgIpc) is 2.57. The largest absolute Gasteiger partial charge is 0.321 e. The van der Waals surface area contributed by atoms with Crippen LogP contribution in [0.2, 0.25) is 0 Å². The maximum atomic E-state index is 12.3. The number of pyridine rings is 1. The van der Waals surface area contributed by atoms with Crippen LogP contribution >= 0.6 is 11.8 Å². The van der Waals surface area contributed by atoms with Crippen molar-refractivity contribution in [2.75, 3.05) is 0 Å². The van der Waals surface area contributed by atoms with Gasteiger partial charge in [-0.25, -0.2) is 0 Å². The molecule has 3 aromatic rings. The second kappa shape index (κ2) is 6.88. The van der Waals surface area contributed by atoms with Crippen LogP contribution in [0.4, 0.5) is 0 Å². The van der Waals surface area contributed by atoms with Gasteiger partial charge in [0.2, 0.25) is 0 Å². The van der Waals surface area contributed by atoms with Crippen molar-refractivity contribution in [1.82, 2.24) is 4.98 Å². The molecule has 1 aromatic heterocycles. The summed E-state index contributed by atoms with van der Waals surface area (Å²) in [7, 11) is 0. The van der Waals surface area contributed by atoms with Gasteiger partial charge < -0.3 is 4.98 Å². The first-order valence-corrected chi connectivity index (χ1v) is 8.60. The normalized spacial score (nSPS) is 10.7. The van der Waals surface area contributed by atoms with Crippen molar-refractivity contribution in [2.24, 2.45) is 0 Å². The quantitative estimate of drug-likeness (QED) is 0.690. The van der Waals surface area contributed by atoms with Gasteiger partial charge in [0, 0.05) is 11.4 Å². The highest BCUT2D eigenvalue weighted by atomic mass is 32.2. The Labute approximate surface area is 140 Å². The van der Waals surface area contributed by atoms with Gasteiger partial charge in [-0.2, -0.15) is 0 Å². The molecule has 0 saturated heterocycles. The molecule has 1 N–H and O–H groups in total. The number of nitrogens with one attached hydrogen (secondary N) is 1. The highest BCUT2D eigenvalue weighted by molar-refractivity contribution is 7.98. The minimum absolute atomic E-state index is 0.0262. The first-order chi connectivity index (χ1) is 11.1. The summed E-state index contributed by atoms with van der Waals surface area (Å²) in [5, 5.41) is 0. The van der Waals surface area contributed by atoms with Gasteiger partial charge in [0.25, 0.3) is 5.56 Å². The lowest BCUT2D eigenvalue weighted by Crippen LogP contribution is -2.09. The van der Waals surface area contributed by atoms with Gasteiger partial charge in [0.15, 0.2) is 0 Å². The van der Waals surface area contributed by atoms with Crippen LogP contribution in [0, 0.1) is 13.8 Å². The van der Waals surface area contributed by atoms with Crippen molar-refractivity contribution in [3.05, 3.63) is 87.7 Å². The van der Waals surface area contributed by atoms with Gasteiger partial charge in [0.1, 0.15) is 0 Å². The number of aromatic nitrogens is 1. The fourth-order valence-corrected chi connectivity index (χ4v) is 3.25. The molecule has 0 unspecified atom stereocenters. The van der Waals surface area contributed by atoms with Crippen molar-refractivity contribution in [2.45, 2.75) is 24.5 Å². The number of hydrogen-bond donors (Lipinski definition) is 1. The molecule has 23 heavy (non-hydrogen) atoms. The summed E-state index contributed by atoms with van der Waals surface area (Å²) in [6, 6.07) is 20.3. The van der Waals surface area contributed by atoms with Crippen LogP contribution < -0.4 is 5.56 Å². The molecule has 3 heteroatoms. The Balaban J connectivity index is 1.80. The first kappa shape index (κ1) is 15.6. The maximum absolute atomic E-state index is 12.3. The van der Waals surface area contributed by atoms with Crippen molar-refractivity contribution in [3.8, 4) is 11.3 Å².